The van der Waals surface area contributed by atoms with Crippen molar-refractivity contribution in [3.05, 3.63) is 0 Å². The van der Waals surface area contributed by atoms with Crippen molar-refractivity contribution in [3.63, 3.8) is 0 Å². The molecule has 0 saturated carbocycles. The molecule has 0 aromatic rings. The minimum absolute atomic E-state index is 0.129. The highest BCUT2D eigenvalue weighted by atomic mass is 16.3. The fraction of sp³-hybridized carbons (Fsp3) is 0.750. The van der Waals surface area contributed by atoms with E-state index in [1.807, 2.05) is 0 Å². The van der Waals surface area contributed by atoms with Gasteiger partial charge in [0, 0.05) is 6.54 Å². The maximum atomic E-state index is 11.5. The fourth-order valence-electron chi connectivity index (χ4n) is 1.96. The molecule has 0 aromatic heterocycles. The number of fused-ring (bicyclic) bond motifs is 1. The molecule has 2 heterocycles. The number of aliphatic hydroxyl groups excluding tert-OH is 1. The van der Waals surface area contributed by atoms with Gasteiger partial charge in [0.25, 0.3) is 0 Å². The normalized spacial score (nSPS) is 33.2. The second-order valence-corrected chi connectivity index (χ2v) is 3.43. The molecule has 0 aliphatic carbocycles. The molecule has 2 rings (SSSR count). The molecular formula is C8H12N2O3. The Labute approximate surface area is 75.7 Å². The Bertz CT molecular complexity index is 254. The van der Waals surface area contributed by atoms with Crippen molar-refractivity contribution in [3.8, 4) is 0 Å². The Balaban J connectivity index is 2.19. The fourth-order valence-corrected chi connectivity index (χ4v) is 1.96. The van der Waals surface area contributed by atoms with Gasteiger partial charge in [-0.2, -0.15) is 0 Å². The molecule has 2 amide bonds. The number of carbonyl (C=O) groups excluding carboxylic acids is 2. The van der Waals surface area contributed by atoms with Gasteiger partial charge in [0.1, 0.15) is 12.1 Å². The van der Waals surface area contributed by atoms with Gasteiger partial charge in [0.2, 0.25) is 11.8 Å². The quantitative estimate of drug-likeness (QED) is 0.519. The van der Waals surface area contributed by atoms with E-state index in [2.05, 4.69) is 5.32 Å². The number of aliphatic hydroxyl groups is 1. The summed E-state index contributed by atoms with van der Waals surface area (Å²) >= 11 is 0. The highest BCUT2D eigenvalue weighted by molar-refractivity contribution is 5.97. The van der Waals surface area contributed by atoms with Crippen LogP contribution in [0.3, 0.4) is 0 Å². The van der Waals surface area contributed by atoms with Gasteiger partial charge in [-0.25, -0.2) is 0 Å². The number of piperazine rings is 1. The monoisotopic (exact) mass is 184 g/mol. The maximum absolute atomic E-state index is 11.5. The van der Waals surface area contributed by atoms with E-state index >= 15 is 0 Å². The predicted molar refractivity (Wildman–Crippen MR) is 43.8 cm³/mol. The third-order valence-electron chi connectivity index (χ3n) is 2.64. The third-order valence-corrected chi connectivity index (χ3v) is 2.64. The first-order chi connectivity index (χ1) is 6.24. The molecule has 5 heteroatoms. The molecule has 0 unspecified atom stereocenters. The molecular weight excluding hydrogens is 172 g/mol. The number of hydrogen-bond donors (Lipinski definition) is 2. The zero-order valence-corrected chi connectivity index (χ0v) is 7.19. The van der Waals surface area contributed by atoms with Gasteiger partial charge in [0.15, 0.2) is 0 Å². The van der Waals surface area contributed by atoms with Crippen molar-refractivity contribution < 1.29 is 14.7 Å². The van der Waals surface area contributed by atoms with Crippen LogP contribution >= 0.6 is 0 Å². The van der Waals surface area contributed by atoms with E-state index in [1.165, 1.54) is 0 Å². The second-order valence-electron chi connectivity index (χ2n) is 3.43. The van der Waals surface area contributed by atoms with Crippen molar-refractivity contribution in [2.75, 3.05) is 13.2 Å². The summed E-state index contributed by atoms with van der Waals surface area (Å²) in [5, 5.41) is 11.3. The number of amides is 2. The second kappa shape index (κ2) is 2.99. The predicted octanol–water partition coefficient (Wildman–Crippen LogP) is -1.53. The first kappa shape index (κ1) is 8.50. The first-order valence-corrected chi connectivity index (χ1v) is 4.46. The molecule has 0 spiro atoms. The number of rotatable bonds is 1. The summed E-state index contributed by atoms with van der Waals surface area (Å²) in [6.45, 7) is 0.335. The van der Waals surface area contributed by atoms with Crippen LogP contribution in [0.25, 0.3) is 0 Å². The van der Waals surface area contributed by atoms with Gasteiger partial charge < -0.3 is 15.3 Å². The third kappa shape index (κ3) is 1.19. The van der Waals surface area contributed by atoms with Crippen LogP contribution in [0.1, 0.15) is 12.8 Å². The molecule has 0 bridgehead atoms. The van der Waals surface area contributed by atoms with E-state index in [4.69, 9.17) is 5.11 Å². The molecule has 72 valence electrons. The van der Waals surface area contributed by atoms with Crippen LogP contribution in [-0.4, -0.2) is 47.1 Å². The number of carbonyl (C=O) groups is 2. The average molecular weight is 184 g/mol. The zero-order chi connectivity index (χ0) is 9.42. The summed E-state index contributed by atoms with van der Waals surface area (Å²) in [4.78, 5) is 24.5. The lowest BCUT2D eigenvalue weighted by atomic mass is 10.1. The largest absolute Gasteiger partial charge is 0.394 e. The summed E-state index contributed by atoms with van der Waals surface area (Å²) in [6, 6.07) is -1.00. The summed E-state index contributed by atoms with van der Waals surface area (Å²) < 4.78 is 0. The van der Waals surface area contributed by atoms with Crippen molar-refractivity contribution in [1.82, 2.24) is 10.2 Å². The average Bonchev–Trinajstić information content (AvgIpc) is 2.60. The van der Waals surface area contributed by atoms with Crippen LogP contribution in [-0.2, 0) is 9.59 Å². The molecule has 2 aliphatic heterocycles. The zero-order valence-electron chi connectivity index (χ0n) is 7.19. The van der Waals surface area contributed by atoms with E-state index in [-0.39, 0.29) is 24.5 Å². The Morgan fingerprint density at radius 1 is 1.54 bits per heavy atom. The lowest BCUT2D eigenvalue weighted by molar-refractivity contribution is -0.148. The Morgan fingerprint density at radius 3 is 3.00 bits per heavy atom. The highest BCUT2D eigenvalue weighted by Crippen LogP contribution is 2.21. The minimum atomic E-state index is -0.721. The van der Waals surface area contributed by atoms with Crippen molar-refractivity contribution in [2.45, 2.75) is 24.9 Å². The van der Waals surface area contributed by atoms with Gasteiger partial charge in [-0.3, -0.25) is 9.59 Å². The van der Waals surface area contributed by atoms with E-state index in [1.54, 1.807) is 4.90 Å². The molecule has 2 atom stereocenters. The van der Waals surface area contributed by atoms with Gasteiger partial charge >= 0.3 is 0 Å². The molecule has 13 heavy (non-hydrogen) atoms. The standard InChI is InChI=1S/C8H12N2O3/c11-4-5-8(13)10-3-1-2-6(10)7(12)9-5/h5-6,11H,1-4H2,(H,9,12)/t5-,6+/m1/s1. The minimum Gasteiger partial charge on any atom is -0.394 e. The summed E-state index contributed by atoms with van der Waals surface area (Å²) in [7, 11) is 0. The Morgan fingerprint density at radius 2 is 2.31 bits per heavy atom. The van der Waals surface area contributed by atoms with Gasteiger partial charge in [-0.05, 0) is 12.8 Å². The molecule has 2 fully saturated rings. The van der Waals surface area contributed by atoms with Crippen LogP contribution in [0.2, 0.25) is 0 Å². The number of nitrogens with zero attached hydrogens (tertiary/aromatic N) is 1. The van der Waals surface area contributed by atoms with E-state index in [9.17, 15) is 9.59 Å². The molecule has 0 radical (unpaired) electrons. The Hall–Kier alpha value is -1.10. The van der Waals surface area contributed by atoms with E-state index in [0.29, 0.717) is 6.54 Å². The van der Waals surface area contributed by atoms with Crippen LogP contribution in [0.15, 0.2) is 0 Å². The van der Waals surface area contributed by atoms with Crippen LogP contribution < -0.4 is 5.32 Å². The lowest BCUT2D eigenvalue weighted by Gasteiger charge is -2.33. The summed E-state index contributed by atoms with van der Waals surface area (Å²) in [5.41, 5.74) is 0. The molecule has 0 aromatic carbocycles. The smallest absolute Gasteiger partial charge is 0.248 e. The van der Waals surface area contributed by atoms with Crippen molar-refractivity contribution in [2.24, 2.45) is 0 Å². The molecule has 2 saturated heterocycles. The van der Waals surface area contributed by atoms with Gasteiger partial charge in [0.05, 0.1) is 6.61 Å². The Kier molecular flexibility index (Phi) is 1.95. The van der Waals surface area contributed by atoms with E-state index in [0.717, 1.165) is 12.8 Å². The van der Waals surface area contributed by atoms with Gasteiger partial charge in [-0.15, -0.1) is 0 Å². The SMILES string of the molecule is O=C1N[C@H](CO)C(=O)N2CCC[C@@H]12. The summed E-state index contributed by atoms with van der Waals surface area (Å²) in [5.74, 6) is -0.277. The molecule has 2 N–H and O–H groups in total. The lowest BCUT2D eigenvalue weighted by Crippen LogP contribution is -2.62. The first-order valence-electron chi connectivity index (χ1n) is 4.46. The van der Waals surface area contributed by atoms with Crippen LogP contribution in [0, 0.1) is 0 Å². The molecule has 5 nitrogen and oxygen atoms in total. The topological polar surface area (TPSA) is 69.6 Å². The summed E-state index contributed by atoms with van der Waals surface area (Å²) in [6.07, 6.45) is 1.62. The number of hydrogen-bond acceptors (Lipinski definition) is 3. The number of nitrogens with one attached hydrogen (secondary N) is 1. The van der Waals surface area contributed by atoms with Crippen LogP contribution in [0.5, 0.6) is 0 Å². The maximum Gasteiger partial charge on any atom is 0.248 e. The van der Waals surface area contributed by atoms with E-state index < -0.39 is 6.04 Å². The van der Waals surface area contributed by atoms with Crippen molar-refractivity contribution >= 4 is 11.8 Å². The van der Waals surface area contributed by atoms with Crippen LogP contribution in [0.4, 0.5) is 0 Å². The highest BCUT2D eigenvalue weighted by Gasteiger charge is 2.42. The van der Waals surface area contributed by atoms with Gasteiger partial charge in [-0.1, -0.05) is 0 Å². The van der Waals surface area contributed by atoms with Crippen molar-refractivity contribution in [1.29, 1.82) is 0 Å². The molecule has 2 aliphatic rings.